The molecule has 0 bridgehead atoms. The highest BCUT2D eigenvalue weighted by atomic mass is 35.5. The molecule has 0 radical (unpaired) electrons. The molecule has 3 rings (SSSR count). The number of nitrogens with zero attached hydrogens (tertiary/aromatic N) is 2. The zero-order valence-electron chi connectivity index (χ0n) is 12.3. The van der Waals surface area contributed by atoms with Crippen molar-refractivity contribution in [2.24, 2.45) is 0 Å². The summed E-state index contributed by atoms with van der Waals surface area (Å²) in [5.41, 5.74) is 1.28. The van der Waals surface area contributed by atoms with Crippen LogP contribution < -0.4 is 5.32 Å². The maximum absolute atomic E-state index is 12.4. The Morgan fingerprint density at radius 1 is 1.04 bits per heavy atom. The number of anilines is 1. The van der Waals surface area contributed by atoms with Crippen molar-refractivity contribution in [1.29, 1.82) is 0 Å². The van der Waals surface area contributed by atoms with Crippen LogP contribution in [0.4, 0.5) is 5.82 Å². The third kappa shape index (κ3) is 3.90. The van der Waals surface area contributed by atoms with E-state index in [1.54, 1.807) is 35.1 Å². The molecule has 1 N–H and O–H groups in total. The first-order valence-corrected chi connectivity index (χ1v) is 8.19. The van der Waals surface area contributed by atoms with Crippen LogP contribution in [0.25, 0.3) is 0 Å². The van der Waals surface area contributed by atoms with E-state index < -0.39 is 0 Å². The highest BCUT2D eigenvalue weighted by Crippen LogP contribution is 2.22. The molecule has 0 saturated carbocycles. The van der Waals surface area contributed by atoms with Gasteiger partial charge in [-0.3, -0.25) is 4.79 Å². The third-order valence-electron chi connectivity index (χ3n) is 3.35. The van der Waals surface area contributed by atoms with Gasteiger partial charge >= 0.3 is 0 Å². The molecule has 0 aliphatic carbocycles. The van der Waals surface area contributed by atoms with Crippen LogP contribution in [0.5, 0.6) is 0 Å². The van der Waals surface area contributed by atoms with E-state index >= 15 is 0 Å². The minimum Gasteiger partial charge on any atom is -0.307 e. The van der Waals surface area contributed by atoms with E-state index in [0.29, 0.717) is 33.0 Å². The van der Waals surface area contributed by atoms with Crippen molar-refractivity contribution >= 4 is 46.5 Å². The average Bonchev–Trinajstić information content (AvgIpc) is 2.96. The number of hydrogen-bond acceptors (Lipinski definition) is 2. The number of carbonyl (C=O) groups excluding carboxylic acids is 1. The lowest BCUT2D eigenvalue weighted by atomic mass is 10.2. The van der Waals surface area contributed by atoms with Crippen LogP contribution in [0, 0.1) is 0 Å². The predicted octanol–water partition coefficient (Wildman–Crippen LogP) is 5.14. The summed E-state index contributed by atoms with van der Waals surface area (Å²) in [7, 11) is 0. The predicted molar refractivity (Wildman–Crippen MR) is 97.2 cm³/mol. The second kappa shape index (κ2) is 7.26. The van der Waals surface area contributed by atoms with E-state index in [1.165, 1.54) is 6.07 Å². The van der Waals surface area contributed by atoms with Crippen molar-refractivity contribution in [3.8, 4) is 0 Å². The number of nitrogens with one attached hydrogen (secondary N) is 1. The Labute approximate surface area is 154 Å². The number of rotatable bonds is 4. The van der Waals surface area contributed by atoms with Crippen LogP contribution >= 0.6 is 34.8 Å². The normalized spacial score (nSPS) is 10.6. The van der Waals surface area contributed by atoms with Crippen LogP contribution in [-0.4, -0.2) is 15.7 Å². The number of benzene rings is 2. The van der Waals surface area contributed by atoms with E-state index in [0.717, 1.165) is 5.56 Å². The first kappa shape index (κ1) is 16.8. The fourth-order valence-corrected chi connectivity index (χ4v) is 2.82. The van der Waals surface area contributed by atoms with Gasteiger partial charge in [0.1, 0.15) is 5.82 Å². The van der Waals surface area contributed by atoms with Crippen LogP contribution in [0.3, 0.4) is 0 Å². The molecule has 0 unspecified atom stereocenters. The van der Waals surface area contributed by atoms with Gasteiger partial charge in [0.25, 0.3) is 5.91 Å². The van der Waals surface area contributed by atoms with Gasteiger partial charge in [0.15, 0.2) is 0 Å². The highest BCUT2D eigenvalue weighted by molar-refractivity contribution is 6.36. The van der Waals surface area contributed by atoms with E-state index in [1.807, 2.05) is 18.2 Å². The first-order valence-electron chi connectivity index (χ1n) is 7.05. The molecule has 0 aliphatic heterocycles. The van der Waals surface area contributed by atoms with E-state index in [2.05, 4.69) is 10.4 Å². The minimum absolute atomic E-state index is 0.305. The van der Waals surface area contributed by atoms with Crippen LogP contribution in [0.15, 0.2) is 54.7 Å². The second-order valence-corrected chi connectivity index (χ2v) is 6.36. The largest absolute Gasteiger partial charge is 0.307 e. The summed E-state index contributed by atoms with van der Waals surface area (Å²) in [5, 5.41) is 8.44. The monoisotopic (exact) mass is 379 g/mol. The zero-order chi connectivity index (χ0) is 17.1. The van der Waals surface area contributed by atoms with Crippen molar-refractivity contribution in [2.45, 2.75) is 6.54 Å². The van der Waals surface area contributed by atoms with Crippen LogP contribution in [0.1, 0.15) is 15.9 Å². The molecule has 2 aromatic carbocycles. The molecule has 1 heterocycles. The molecule has 0 spiro atoms. The van der Waals surface area contributed by atoms with Gasteiger partial charge in [-0.25, -0.2) is 4.68 Å². The quantitative estimate of drug-likeness (QED) is 0.681. The first-order chi connectivity index (χ1) is 11.5. The molecule has 0 saturated heterocycles. The summed E-state index contributed by atoms with van der Waals surface area (Å²) >= 11 is 18.0. The van der Waals surface area contributed by atoms with Gasteiger partial charge in [-0.05, 0) is 35.9 Å². The van der Waals surface area contributed by atoms with E-state index in [-0.39, 0.29) is 5.91 Å². The topological polar surface area (TPSA) is 46.9 Å². The lowest BCUT2D eigenvalue weighted by Crippen LogP contribution is -2.16. The molecule has 0 aliphatic rings. The lowest BCUT2D eigenvalue weighted by molar-refractivity contribution is 0.102. The molecule has 0 atom stereocenters. The molecule has 3 aromatic rings. The number of carbonyl (C=O) groups is 1. The van der Waals surface area contributed by atoms with Crippen molar-refractivity contribution in [3.63, 3.8) is 0 Å². The summed E-state index contributed by atoms with van der Waals surface area (Å²) in [6, 6.07) is 13.9. The minimum atomic E-state index is -0.352. The highest BCUT2D eigenvalue weighted by Gasteiger charge is 2.13. The Bertz CT molecular complexity index is 892. The summed E-state index contributed by atoms with van der Waals surface area (Å²) in [4.78, 5) is 12.4. The Morgan fingerprint density at radius 3 is 2.62 bits per heavy atom. The molecule has 24 heavy (non-hydrogen) atoms. The summed E-state index contributed by atoms with van der Waals surface area (Å²) in [5.74, 6) is 0.200. The van der Waals surface area contributed by atoms with Gasteiger partial charge in [-0.2, -0.15) is 5.10 Å². The van der Waals surface area contributed by atoms with Gasteiger partial charge in [-0.1, -0.05) is 46.9 Å². The lowest BCUT2D eigenvalue weighted by Gasteiger charge is -2.10. The summed E-state index contributed by atoms with van der Waals surface area (Å²) < 4.78 is 1.67. The van der Waals surface area contributed by atoms with Gasteiger partial charge in [0.05, 0.1) is 23.3 Å². The molecule has 1 amide bonds. The van der Waals surface area contributed by atoms with Crippen LogP contribution in [-0.2, 0) is 6.54 Å². The fraction of sp³-hybridized carbons (Fsp3) is 0.0588. The molecule has 7 heteroatoms. The van der Waals surface area contributed by atoms with Crippen LogP contribution in [0.2, 0.25) is 15.1 Å². The zero-order valence-corrected chi connectivity index (χ0v) is 14.6. The number of halogens is 3. The van der Waals surface area contributed by atoms with Crippen molar-refractivity contribution in [2.75, 3.05) is 5.32 Å². The Morgan fingerprint density at radius 2 is 1.83 bits per heavy atom. The van der Waals surface area contributed by atoms with Crippen molar-refractivity contribution in [3.05, 3.63) is 80.9 Å². The average molecular weight is 381 g/mol. The Kier molecular flexibility index (Phi) is 5.09. The maximum Gasteiger partial charge on any atom is 0.258 e. The van der Waals surface area contributed by atoms with Gasteiger partial charge in [0.2, 0.25) is 0 Å². The SMILES string of the molecule is O=C(Nc1ccnn1Cc1cccc(Cl)c1)c1cc(Cl)ccc1Cl. The van der Waals surface area contributed by atoms with Gasteiger partial charge in [-0.15, -0.1) is 0 Å². The Hall–Kier alpha value is -2.01. The fourth-order valence-electron chi connectivity index (χ4n) is 2.23. The molecular weight excluding hydrogens is 369 g/mol. The van der Waals surface area contributed by atoms with Gasteiger partial charge in [0, 0.05) is 16.1 Å². The third-order valence-corrected chi connectivity index (χ3v) is 4.15. The molecule has 1 aromatic heterocycles. The summed E-state index contributed by atoms with van der Waals surface area (Å²) in [6.45, 7) is 0.479. The van der Waals surface area contributed by atoms with Gasteiger partial charge < -0.3 is 5.32 Å². The Balaban J connectivity index is 1.80. The number of hydrogen-bond donors (Lipinski definition) is 1. The molecule has 0 fully saturated rings. The second-order valence-electron chi connectivity index (χ2n) is 5.08. The van der Waals surface area contributed by atoms with E-state index in [4.69, 9.17) is 34.8 Å². The molecule has 4 nitrogen and oxygen atoms in total. The molecular formula is C17H12Cl3N3O. The maximum atomic E-state index is 12.4. The van der Waals surface area contributed by atoms with Crippen molar-refractivity contribution in [1.82, 2.24) is 9.78 Å². The number of amides is 1. The molecule has 122 valence electrons. The van der Waals surface area contributed by atoms with Crippen molar-refractivity contribution < 1.29 is 4.79 Å². The number of aromatic nitrogens is 2. The standard InChI is InChI=1S/C17H12Cl3N3O/c18-12-3-1-2-11(8-12)10-23-16(6-7-21-23)22-17(24)14-9-13(19)4-5-15(14)20/h1-9H,10H2,(H,22,24). The smallest absolute Gasteiger partial charge is 0.258 e. The summed E-state index contributed by atoms with van der Waals surface area (Å²) in [6.07, 6.45) is 1.61. The van der Waals surface area contributed by atoms with E-state index in [9.17, 15) is 4.79 Å².